The monoisotopic (exact) mass is 284 g/mol. The Morgan fingerprint density at radius 3 is 2.35 bits per heavy atom. The number of hydrogen-bond acceptors (Lipinski definition) is 5. The predicted molar refractivity (Wildman–Crippen MR) is 66.7 cm³/mol. The van der Waals surface area contributed by atoms with Gasteiger partial charge in [0.2, 0.25) is 0 Å². The number of nitrogens with zero attached hydrogens (tertiary/aromatic N) is 2. The highest BCUT2D eigenvalue weighted by Crippen LogP contribution is 2.26. The van der Waals surface area contributed by atoms with Crippen LogP contribution in [-0.4, -0.2) is 16.3 Å². The van der Waals surface area contributed by atoms with E-state index in [1.54, 1.807) is 6.92 Å². The van der Waals surface area contributed by atoms with Crippen molar-refractivity contribution in [3.8, 4) is 17.0 Å². The van der Waals surface area contributed by atoms with Crippen LogP contribution >= 0.6 is 0 Å². The number of nitrogen functional groups attached to an aromatic ring is 1. The molecule has 20 heavy (non-hydrogen) atoms. The fourth-order valence-electron chi connectivity index (χ4n) is 1.65. The van der Waals surface area contributed by atoms with Crippen LogP contribution in [0.3, 0.4) is 0 Å². The molecule has 0 atom stereocenters. The first-order valence-corrected chi connectivity index (χ1v) is 5.55. The van der Waals surface area contributed by atoms with Crippen molar-refractivity contribution in [1.82, 2.24) is 9.97 Å². The Morgan fingerprint density at radius 2 is 1.85 bits per heavy atom. The number of halogens is 3. The minimum absolute atomic E-state index is 0.285. The van der Waals surface area contributed by atoms with Crippen molar-refractivity contribution in [3.05, 3.63) is 36.2 Å². The van der Waals surface area contributed by atoms with E-state index in [0.717, 1.165) is 0 Å². The van der Waals surface area contributed by atoms with Gasteiger partial charge in [0, 0.05) is 5.56 Å². The second-order valence-electron chi connectivity index (χ2n) is 3.91. The minimum atomic E-state index is -4.70. The number of ether oxygens (including phenoxy) is 1. The third-order valence-corrected chi connectivity index (χ3v) is 2.46. The summed E-state index contributed by atoms with van der Waals surface area (Å²) in [7, 11) is 0. The lowest BCUT2D eigenvalue weighted by Crippen LogP contribution is -2.16. The van der Waals surface area contributed by atoms with E-state index in [0.29, 0.717) is 22.8 Å². The molecule has 0 fully saturated rings. The average molecular weight is 284 g/mol. The fraction of sp³-hybridized carbons (Fsp3) is 0.167. The number of nitrogens with two attached hydrogens (primary N) is 1. The van der Waals surface area contributed by atoms with Gasteiger partial charge in [0.25, 0.3) is 0 Å². The molecule has 8 heteroatoms. The first-order chi connectivity index (χ1) is 9.39. The molecular formula is C12H11F3N4O. The molecule has 0 saturated heterocycles. The number of anilines is 1. The van der Waals surface area contributed by atoms with Gasteiger partial charge in [-0.15, -0.1) is 13.2 Å². The Morgan fingerprint density at radius 1 is 1.20 bits per heavy atom. The molecular weight excluding hydrogens is 273 g/mol. The Labute approximate surface area is 112 Å². The highest BCUT2D eigenvalue weighted by molar-refractivity contribution is 5.63. The van der Waals surface area contributed by atoms with E-state index < -0.39 is 6.36 Å². The average Bonchev–Trinajstić information content (AvgIpc) is 2.38. The zero-order valence-electron chi connectivity index (χ0n) is 10.4. The van der Waals surface area contributed by atoms with E-state index in [1.165, 1.54) is 30.5 Å². The molecule has 2 rings (SSSR count). The molecule has 1 heterocycles. The van der Waals surface area contributed by atoms with Gasteiger partial charge in [0.05, 0.1) is 17.6 Å². The Kier molecular flexibility index (Phi) is 3.75. The second kappa shape index (κ2) is 5.33. The number of alkyl halides is 3. The molecule has 0 saturated carbocycles. The molecule has 0 bridgehead atoms. The summed E-state index contributed by atoms with van der Waals surface area (Å²) in [5.41, 5.74) is 4.15. The summed E-state index contributed by atoms with van der Waals surface area (Å²) >= 11 is 0. The molecule has 3 N–H and O–H groups in total. The standard InChI is InChI=1S/C12H11F3N4O/c1-7-11(17-6-10(18-7)19-16)8-2-4-9(5-3-8)20-12(13,14)15/h2-6H,16H2,1H3,(H,18,19). The number of benzene rings is 1. The smallest absolute Gasteiger partial charge is 0.406 e. The van der Waals surface area contributed by atoms with Crippen LogP contribution in [0.4, 0.5) is 19.0 Å². The maximum atomic E-state index is 12.0. The summed E-state index contributed by atoms with van der Waals surface area (Å²) in [5.74, 6) is 5.33. The van der Waals surface area contributed by atoms with Crippen molar-refractivity contribution in [2.24, 2.45) is 5.84 Å². The van der Waals surface area contributed by atoms with Crippen LogP contribution in [0, 0.1) is 6.92 Å². The molecule has 1 aromatic heterocycles. The third-order valence-electron chi connectivity index (χ3n) is 2.46. The number of nitrogens with one attached hydrogen (secondary N) is 1. The van der Waals surface area contributed by atoms with Gasteiger partial charge in [-0.1, -0.05) is 0 Å². The van der Waals surface area contributed by atoms with E-state index >= 15 is 0 Å². The Hall–Kier alpha value is -2.35. The second-order valence-corrected chi connectivity index (χ2v) is 3.91. The highest BCUT2D eigenvalue weighted by atomic mass is 19.4. The summed E-state index contributed by atoms with van der Waals surface area (Å²) in [5, 5.41) is 0. The zero-order chi connectivity index (χ0) is 14.8. The molecule has 5 nitrogen and oxygen atoms in total. The summed E-state index contributed by atoms with van der Waals surface area (Å²) in [4.78, 5) is 8.30. The van der Waals surface area contributed by atoms with Crippen LogP contribution in [0.2, 0.25) is 0 Å². The highest BCUT2D eigenvalue weighted by Gasteiger charge is 2.30. The summed E-state index contributed by atoms with van der Waals surface area (Å²) in [6.07, 6.45) is -3.27. The number of aromatic nitrogens is 2. The number of aryl methyl sites for hydroxylation is 1. The van der Waals surface area contributed by atoms with Crippen molar-refractivity contribution >= 4 is 5.82 Å². The number of hydrogen-bond donors (Lipinski definition) is 2. The molecule has 0 aliphatic rings. The van der Waals surface area contributed by atoms with Gasteiger partial charge in [0.15, 0.2) is 5.82 Å². The quantitative estimate of drug-likeness (QED) is 0.669. The third kappa shape index (κ3) is 3.35. The lowest BCUT2D eigenvalue weighted by molar-refractivity contribution is -0.274. The fourth-order valence-corrected chi connectivity index (χ4v) is 1.65. The first-order valence-electron chi connectivity index (χ1n) is 5.55. The normalized spacial score (nSPS) is 11.2. The largest absolute Gasteiger partial charge is 0.573 e. The van der Waals surface area contributed by atoms with Crippen molar-refractivity contribution in [2.75, 3.05) is 5.43 Å². The molecule has 0 aliphatic heterocycles. The molecule has 1 aromatic carbocycles. The molecule has 2 aromatic rings. The number of rotatable bonds is 3. The van der Waals surface area contributed by atoms with Crippen LogP contribution in [0.5, 0.6) is 5.75 Å². The molecule has 0 unspecified atom stereocenters. The van der Waals surface area contributed by atoms with Crippen LogP contribution in [0.25, 0.3) is 11.3 Å². The summed E-state index contributed by atoms with van der Waals surface area (Å²) < 4.78 is 39.9. The van der Waals surface area contributed by atoms with Crippen LogP contribution in [-0.2, 0) is 0 Å². The van der Waals surface area contributed by atoms with Gasteiger partial charge in [-0.2, -0.15) is 0 Å². The molecule has 0 aliphatic carbocycles. The molecule has 0 spiro atoms. The van der Waals surface area contributed by atoms with Gasteiger partial charge in [0.1, 0.15) is 5.75 Å². The first kappa shape index (κ1) is 14.1. The minimum Gasteiger partial charge on any atom is -0.406 e. The van der Waals surface area contributed by atoms with Crippen LogP contribution in [0.1, 0.15) is 5.69 Å². The Bertz CT molecular complexity index is 599. The lowest BCUT2D eigenvalue weighted by atomic mass is 10.1. The maximum Gasteiger partial charge on any atom is 0.573 e. The summed E-state index contributed by atoms with van der Waals surface area (Å²) in [6, 6.07) is 5.40. The van der Waals surface area contributed by atoms with E-state index in [1.807, 2.05) is 0 Å². The van der Waals surface area contributed by atoms with Crippen LogP contribution in [0.15, 0.2) is 30.5 Å². The number of hydrazine groups is 1. The van der Waals surface area contributed by atoms with E-state index in [2.05, 4.69) is 20.1 Å². The van der Waals surface area contributed by atoms with Gasteiger partial charge >= 0.3 is 6.36 Å². The summed E-state index contributed by atoms with van der Waals surface area (Å²) in [6.45, 7) is 1.73. The predicted octanol–water partition coefficient (Wildman–Crippen LogP) is 2.64. The molecule has 106 valence electrons. The van der Waals surface area contributed by atoms with E-state index in [9.17, 15) is 13.2 Å². The van der Waals surface area contributed by atoms with Gasteiger partial charge in [-0.05, 0) is 31.2 Å². The SMILES string of the molecule is Cc1nc(NN)cnc1-c1ccc(OC(F)(F)F)cc1. The van der Waals surface area contributed by atoms with Crippen molar-refractivity contribution < 1.29 is 17.9 Å². The van der Waals surface area contributed by atoms with Crippen molar-refractivity contribution in [1.29, 1.82) is 0 Å². The van der Waals surface area contributed by atoms with E-state index in [-0.39, 0.29) is 5.75 Å². The Balaban J connectivity index is 2.26. The maximum absolute atomic E-state index is 12.0. The van der Waals surface area contributed by atoms with Gasteiger partial charge in [-0.25, -0.2) is 10.8 Å². The topological polar surface area (TPSA) is 73.1 Å². The van der Waals surface area contributed by atoms with Crippen molar-refractivity contribution in [2.45, 2.75) is 13.3 Å². The molecule has 0 radical (unpaired) electrons. The van der Waals surface area contributed by atoms with E-state index in [4.69, 9.17) is 5.84 Å². The lowest BCUT2D eigenvalue weighted by Gasteiger charge is -2.10. The van der Waals surface area contributed by atoms with Crippen LogP contribution < -0.4 is 16.0 Å². The van der Waals surface area contributed by atoms with Gasteiger partial charge in [-0.3, -0.25) is 4.98 Å². The molecule has 0 amide bonds. The van der Waals surface area contributed by atoms with Crippen molar-refractivity contribution in [3.63, 3.8) is 0 Å². The van der Waals surface area contributed by atoms with Gasteiger partial charge < -0.3 is 10.2 Å². The zero-order valence-corrected chi connectivity index (χ0v) is 10.4.